The maximum atomic E-state index is 11.7. The Hall–Kier alpha value is -2.94. The minimum absolute atomic E-state index is 0.163. The molecule has 0 aliphatic carbocycles. The first-order valence-corrected chi connectivity index (χ1v) is 13.3. The summed E-state index contributed by atoms with van der Waals surface area (Å²) in [6.45, 7) is 3.88. The number of aromatic nitrogens is 3. The minimum atomic E-state index is -3.25. The average molecular weight is 469 g/mol. The van der Waals surface area contributed by atoms with Gasteiger partial charge in [0.25, 0.3) is 0 Å². The normalized spacial score (nSPS) is 18.8. The van der Waals surface area contributed by atoms with Gasteiger partial charge in [-0.15, -0.1) is 0 Å². The van der Waals surface area contributed by atoms with Crippen molar-refractivity contribution >= 4 is 15.9 Å². The second-order valence-electron chi connectivity index (χ2n) is 8.90. The van der Waals surface area contributed by atoms with Crippen molar-refractivity contribution in [2.45, 2.75) is 50.0 Å². The number of rotatable bonds is 6. The fraction of sp³-hybridized carbons (Fsp3) is 0.458. The van der Waals surface area contributed by atoms with Crippen LogP contribution >= 0.6 is 0 Å². The van der Waals surface area contributed by atoms with Gasteiger partial charge in [0, 0.05) is 43.9 Å². The van der Waals surface area contributed by atoms with Crippen molar-refractivity contribution in [1.82, 2.24) is 15.1 Å². The topological polar surface area (TPSA) is 98.4 Å². The van der Waals surface area contributed by atoms with Crippen LogP contribution < -0.4 is 9.64 Å². The molecule has 5 rings (SSSR count). The van der Waals surface area contributed by atoms with Gasteiger partial charge in [0.1, 0.15) is 11.9 Å². The molecule has 8 nitrogen and oxygen atoms in total. The first kappa shape index (κ1) is 21.9. The quantitative estimate of drug-likeness (QED) is 0.540. The molecular formula is C24H28N4O4S. The first-order valence-electron chi connectivity index (χ1n) is 11.4. The Balaban J connectivity index is 1.22. The maximum Gasteiger partial charge on any atom is 0.324 e. The van der Waals surface area contributed by atoms with Crippen LogP contribution in [0.1, 0.15) is 37.6 Å². The smallest absolute Gasteiger partial charge is 0.324 e. The van der Waals surface area contributed by atoms with E-state index in [1.807, 2.05) is 12.1 Å². The molecule has 1 aromatic carbocycles. The molecule has 0 N–H and O–H groups in total. The third-order valence-corrected chi connectivity index (χ3v) is 7.58. The van der Waals surface area contributed by atoms with Crippen LogP contribution in [-0.4, -0.2) is 49.0 Å². The number of hydrogen-bond donors (Lipinski definition) is 0. The summed E-state index contributed by atoms with van der Waals surface area (Å²) in [5, 5.41) is 4.07. The second kappa shape index (κ2) is 8.78. The maximum absolute atomic E-state index is 11.7. The summed E-state index contributed by atoms with van der Waals surface area (Å²) < 4.78 is 35.1. The van der Waals surface area contributed by atoms with E-state index in [-0.39, 0.29) is 11.0 Å². The van der Waals surface area contributed by atoms with Gasteiger partial charge in [-0.05, 0) is 61.1 Å². The molecule has 2 aromatic heterocycles. The lowest BCUT2D eigenvalue weighted by Crippen LogP contribution is -2.39. The number of anilines is 1. The largest absolute Gasteiger partial charge is 0.490 e. The Morgan fingerprint density at radius 1 is 1.15 bits per heavy atom. The number of nitrogens with zero attached hydrogens (tertiary/aromatic N) is 4. The molecule has 0 bridgehead atoms. The third kappa shape index (κ3) is 4.59. The van der Waals surface area contributed by atoms with Crippen LogP contribution in [0.2, 0.25) is 0 Å². The number of sulfone groups is 1. The lowest BCUT2D eigenvalue weighted by atomic mass is 9.89. The van der Waals surface area contributed by atoms with Gasteiger partial charge in [0.15, 0.2) is 15.7 Å². The van der Waals surface area contributed by atoms with Crippen molar-refractivity contribution in [2.24, 2.45) is 5.92 Å². The number of hydrogen-bond acceptors (Lipinski definition) is 8. The van der Waals surface area contributed by atoms with Gasteiger partial charge in [-0.1, -0.05) is 12.1 Å². The van der Waals surface area contributed by atoms with E-state index in [4.69, 9.17) is 9.26 Å². The van der Waals surface area contributed by atoms with Crippen molar-refractivity contribution in [3.63, 3.8) is 0 Å². The lowest BCUT2D eigenvalue weighted by Gasteiger charge is -2.33. The summed E-state index contributed by atoms with van der Waals surface area (Å²) in [5.41, 5.74) is 2.89. The summed E-state index contributed by atoms with van der Waals surface area (Å²) in [6, 6.07) is 10.1. The first-order chi connectivity index (χ1) is 15.9. The third-order valence-electron chi connectivity index (χ3n) is 6.49. The van der Waals surface area contributed by atoms with Crippen molar-refractivity contribution in [1.29, 1.82) is 0 Å². The van der Waals surface area contributed by atoms with Gasteiger partial charge < -0.3 is 14.2 Å². The fourth-order valence-corrected chi connectivity index (χ4v) is 5.19. The highest BCUT2D eigenvalue weighted by atomic mass is 32.2. The summed E-state index contributed by atoms with van der Waals surface area (Å²) in [7, 11) is -3.25. The molecule has 9 heteroatoms. The molecule has 33 heavy (non-hydrogen) atoms. The van der Waals surface area contributed by atoms with Gasteiger partial charge in [-0.2, -0.15) is 4.98 Å². The highest BCUT2D eigenvalue weighted by molar-refractivity contribution is 7.90. The number of benzene rings is 1. The molecule has 1 fully saturated rings. The molecule has 0 spiro atoms. The minimum Gasteiger partial charge on any atom is -0.490 e. The van der Waals surface area contributed by atoms with Crippen LogP contribution in [0.15, 0.2) is 45.9 Å². The molecule has 2 aliphatic rings. The number of piperidine rings is 1. The zero-order valence-corrected chi connectivity index (χ0v) is 19.7. The number of aryl methyl sites for hydroxylation is 1. The molecule has 174 valence electrons. The zero-order valence-electron chi connectivity index (χ0n) is 18.9. The van der Waals surface area contributed by atoms with Gasteiger partial charge in [-0.3, -0.25) is 4.98 Å². The van der Waals surface area contributed by atoms with E-state index in [1.165, 1.54) is 18.0 Å². The lowest BCUT2D eigenvalue weighted by molar-refractivity contribution is 0.137. The monoisotopic (exact) mass is 468 g/mol. The zero-order chi connectivity index (χ0) is 23.0. The molecule has 2 aliphatic heterocycles. The van der Waals surface area contributed by atoms with Gasteiger partial charge in [0.05, 0.1) is 10.6 Å². The van der Waals surface area contributed by atoms with Gasteiger partial charge in [-0.25, -0.2) is 8.42 Å². The van der Waals surface area contributed by atoms with Crippen LogP contribution in [-0.2, 0) is 22.7 Å². The molecule has 0 amide bonds. The van der Waals surface area contributed by atoms with Crippen LogP contribution in [0.4, 0.5) is 6.01 Å². The van der Waals surface area contributed by atoms with E-state index in [0.29, 0.717) is 11.9 Å². The van der Waals surface area contributed by atoms with E-state index < -0.39 is 9.84 Å². The predicted octanol–water partition coefficient (Wildman–Crippen LogP) is 3.71. The molecule has 0 saturated carbocycles. The van der Waals surface area contributed by atoms with Crippen LogP contribution in [0.3, 0.4) is 0 Å². The van der Waals surface area contributed by atoms with E-state index in [1.54, 1.807) is 12.1 Å². The highest BCUT2D eigenvalue weighted by Crippen LogP contribution is 2.37. The Labute approximate surface area is 193 Å². The van der Waals surface area contributed by atoms with E-state index in [0.717, 1.165) is 68.0 Å². The van der Waals surface area contributed by atoms with Crippen molar-refractivity contribution in [3.05, 3.63) is 47.9 Å². The predicted molar refractivity (Wildman–Crippen MR) is 124 cm³/mol. The molecule has 3 aromatic rings. The molecular weight excluding hydrogens is 440 g/mol. The Morgan fingerprint density at radius 3 is 2.67 bits per heavy atom. The van der Waals surface area contributed by atoms with Crippen molar-refractivity contribution < 1.29 is 17.7 Å². The summed E-state index contributed by atoms with van der Waals surface area (Å²) in [6.07, 6.45) is 7.52. The van der Waals surface area contributed by atoms with Gasteiger partial charge >= 0.3 is 6.01 Å². The highest BCUT2D eigenvalue weighted by Gasteiger charge is 2.34. The Kier molecular flexibility index (Phi) is 5.82. The van der Waals surface area contributed by atoms with Gasteiger partial charge in [0.2, 0.25) is 0 Å². The van der Waals surface area contributed by atoms with Crippen LogP contribution in [0.5, 0.6) is 5.75 Å². The molecule has 0 radical (unpaired) electrons. The van der Waals surface area contributed by atoms with Crippen LogP contribution in [0, 0.1) is 5.92 Å². The Morgan fingerprint density at radius 2 is 1.97 bits per heavy atom. The molecule has 4 heterocycles. The van der Waals surface area contributed by atoms with E-state index >= 15 is 0 Å². The molecule has 1 atom stereocenters. The fourth-order valence-electron chi connectivity index (χ4n) is 4.63. The van der Waals surface area contributed by atoms with Crippen molar-refractivity contribution in [3.8, 4) is 17.0 Å². The number of ether oxygens (including phenoxy) is 1. The SMILES string of the molecule is CCCc1noc(N2CCC(C3Cc4cc(-c5ccc(S(C)(=O)=O)cn5)ccc4O3)CC2)n1. The van der Waals surface area contributed by atoms with E-state index in [9.17, 15) is 8.42 Å². The van der Waals surface area contributed by atoms with E-state index in [2.05, 4.69) is 33.0 Å². The average Bonchev–Trinajstić information content (AvgIpc) is 3.46. The molecule has 1 unspecified atom stereocenters. The Bertz CT molecular complexity index is 1230. The summed E-state index contributed by atoms with van der Waals surface area (Å²) in [5.74, 6) is 2.18. The molecule has 1 saturated heterocycles. The number of fused-ring (bicyclic) bond motifs is 1. The number of pyridine rings is 1. The summed E-state index contributed by atoms with van der Waals surface area (Å²) in [4.78, 5) is 11.3. The van der Waals surface area contributed by atoms with Crippen LogP contribution in [0.25, 0.3) is 11.3 Å². The second-order valence-corrected chi connectivity index (χ2v) is 10.9. The summed E-state index contributed by atoms with van der Waals surface area (Å²) >= 11 is 0. The van der Waals surface area contributed by atoms with Crippen molar-refractivity contribution in [2.75, 3.05) is 24.2 Å². The standard InChI is InChI=1S/C24H28N4O4S/c1-3-4-23-26-24(32-27-23)28-11-9-16(10-12-28)22-14-18-13-17(5-8-21(18)31-22)20-7-6-19(15-25-20)33(2,29)30/h5-8,13,15-16,22H,3-4,9-12,14H2,1-2H3.